The number of hydrogen-bond donors (Lipinski definition) is 2. The maximum absolute atomic E-state index is 12.7. The Morgan fingerprint density at radius 1 is 1.20 bits per heavy atom. The predicted molar refractivity (Wildman–Crippen MR) is 93.7 cm³/mol. The number of aliphatic carboxylic acids is 1. The van der Waals surface area contributed by atoms with Crippen molar-refractivity contribution in [1.82, 2.24) is 9.88 Å². The lowest BCUT2D eigenvalue weighted by Gasteiger charge is -2.14. The summed E-state index contributed by atoms with van der Waals surface area (Å²) in [6.07, 6.45) is -4.72. The molecule has 3 aromatic rings. The number of sulfonamides is 1. The van der Waals surface area contributed by atoms with E-state index in [2.05, 4.69) is 14.4 Å². The third-order valence-corrected chi connectivity index (χ3v) is 6.13. The molecule has 4 rings (SSSR count). The molecule has 12 heteroatoms. The van der Waals surface area contributed by atoms with Crippen molar-refractivity contribution in [3.63, 3.8) is 0 Å². The van der Waals surface area contributed by atoms with Gasteiger partial charge < -0.3 is 14.0 Å². The lowest BCUT2D eigenvalue weighted by Crippen LogP contribution is -2.44. The molecule has 0 spiro atoms. The summed E-state index contributed by atoms with van der Waals surface area (Å²) in [7, 11) is -4.43. The van der Waals surface area contributed by atoms with Gasteiger partial charge in [-0.05, 0) is 24.1 Å². The summed E-state index contributed by atoms with van der Waals surface area (Å²) in [4.78, 5) is 11.8. The molecule has 30 heavy (non-hydrogen) atoms. The number of carboxylic acid groups (broad SMARTS) is 1. The first-order valence-corrected chi connectivity index (χ1v) is 9.98. The van der Waals surface area contributed by atoms with Gasteiger partial charge in [0.1, 0.15) is 11.2 Å². The van der Waals surface area contributed by atoms with Gasteiger partial charge in [0.2, 0.25) is 10.9 Å². The molecule has 2 heterocycles. The minimum atomic E-state index is -4.76. The number of nitrogens with one attached hydrogen (secondary N) is 1. The van der Waals surface area contributed by atoms with E-state index in [0.717, 1.165) is 12.1 Å². The molecule has 2 atom stereocenters. The van der Waals surface area contributed by atoms with E-state index < -0.39 is 44.5 Å². The number of furan rings is 1. The third-order valence-electron chi connectivity index (χ3n) is 4.75. The number of aromatic nitrogens is 1. The summed E-state index contributed by atoms with van der Waals surface area (Å²) in [5, 5.41) is 12.2. The van der Waals surface area contributed by atoms with Crippen molar-refractivity contribution in [2.45, 2.75) is 29.1 Å². The van der Waals surface area contributed by atoms with E-state index >= 15 is 0 Å². The maximum Gasteiger partial charge on any atom is 0.452 e. The zero-order valence-electron chi connectivity index (χ0n) is 14.9. The number of nitrogens with zero attached hydrogens (tertiary/aromatic N) is 1. The summed E-state index contributed by atoms with van der Waals surface area (Å²) < 4.78 is 74.7. The molecule has 0 bridgehead atoms. The van der Waals surface area contributed by atoms with E-state index in [9.17, 15) is 31.5 Å². The van der Waals surface area contributed by atoms with Crippen LogP contribution in [-0.2, 0) is 21.0 Å². The monoisotopic (exact) mass is 442 g/mol. The van der Waals surface area contributed by atoms with Crippen LogP contribution >= 0.6 is 0 Å². The van der Waals surface area contributed by atoms with Crippen molar-refractivity contribution in [2.75, 3.05) is 0 Å². The zero-order chi connectivity index (χ0) is 21.7. The fourth-order valence-electron chi connectivity index (χ4n) is 3.16. The summed E-state index contributed by atoms with van der Waals surface area (Å²) >= 11 is 0. The number of carboxylic acids is 1. The van der Waals surface area contributed by atoms with E-state index in [-0.39, 0.29) is 17.9 Å². The van der Waals surface area contributed by atoms with Gasteiger partial charge in [0.05, 0.1) is 0 Å². The molecule has 1 aliphatic rings. The minimum absolute atomic E-state index is 0.0391. The zero-order valence-corrected chi connectivity index (χ0v) is 15.7. The van der Waals surface area contributed by atoms with Gasteiger partial charge in [-0.3, -0.25) is 4.79 Å². The Morgan fingerprint density at radius 3 is 2.50 bits per heavy atom. The average molecular weight is 442 g/mol. The first kappa shape index (κ1) is 20.2. The Kier molecular flexibility index (Phi) is 4.51. The van der Waals surface area contributed by atoms with Gasteiger partial charge in [-0.2, -0.15) is 17.9 Å². The Labute approximate surface area is 167 Å². The largest absolute Gasteiger partial charge is 0.480 e. The van der Waals surface area contributed by atoms with Crippen LogP contribution in [0.15, 0.2) is 62.6 Å². The van der Waals surface area contributed by atoms with Gasteiger partial charge in [-0.25, -0.2) is 8.42 Å². The standard InChI is InChI=1S/C18H13F3N2O6S/c19-18(20,21)14-8-12(22-29-14)13-6-7-15(28-13)30(26,27)23-17(16(24)25)9-11(17)10-4-2-1-3-5-10/h1-8,11,23H,9H2,(H,24,25)/t11-,17+/m1/s1. The average Bonchev–Trinajstić information content (AvgIpc) is 3.05. The van der Waals surface area contributed by atoms with E-state index in [1.54, 1.807) is 30.3 Å². The normalized spacial score (nSPS) is 21.5. The quantitative estimate of drug-likeness (QED) is 0.601. The van der Waals surface area contributed by atoms with Gasteiger partial charge in [0.15, 0.2) is 5.76 Å². The third kappa shape index (κ3) is 3.48. The highest BCUT2D eigenvalue weighted by atomic mass is 32.2. The molecule has 2 N–H and O–H groups in total. The fraction of sp³-hybridized carbons (Fsp3) is 0.222. The molecule has 0 amide bonds. The molecule has 1 saturated carbocycles. The van der Waals surface area contributed by atoms with E-state index in [1.165, 1.54) is 0 Å². The van der Waals surface area contributed by atoms with Gasteiger partial charge in [0.25, 0.3) is 10.0 Å². The summed E-state index contributed by atoms with van der Waals surface area (Å²) in [5.74, 6) is -3.58. The topological polar surface area (TPSA) is 123 Å². The summed E-state index contributed by atoms with van der Waals surface area (Å²) in [5.41, 5.74) is -1.44. The van der Waals surface area contributed by atoms with Gasteiger partial charge >= 0.3 is 12.1 Å². The van der Waals surface area contributed by atoms with Crippen molar-refractivity contribution < 1.29 is 40.4 Å². The molecule has 1 aliphatic carbocycles. The Morgan fingerprint density at radius 2 is 1.90 bits per heavy atom. The molecule has 158 valence electrons. The molecule has 2 aromatic heterocycles. The smallest absolute Gasteiger partial charge is 0.452 e. The van der Waals surface area contributed by atoms with Crippen LogP contribution in [0.1, 0.15) is 23.7 Å². The van der Waals surface area contributed by atoms with Crippen LogP contribution < -0.4 is 4.72 Å². The van der Waals surface area contributed by atoms with Crippen molar-refractivity contribution in [3.05, 3.63) is 59.9 Å². The highest BCUT2D eigenvalue weighted by Crippen LogP contribution is 2.52. The predicted octanol–water partition coefficient (Wildman–Crippen LogP) is 3.24. The minimum Gasteiger partial charge on any atom is -0.480 e. The Balaban J connectivity index is 1.59. The number of benzene rings is 1. The van der Waals surface area contributed by atoms with Crippen LogP contribution in [0.25, 0.3) is 11.5 Å². The van der Waals surface area contributed by atoms with E-state index in [4.69, 9.17) is 4.42 Å². The maximum atomic E-state index is 12.7. The second-order valence-corrected chi connectivity index (χ2v) is 8.36. The van der Waals surface area contributed by atoms with E-state index in [1.807, 2.05) is 0 Å². The number of hydrogen-bond acceptors (Lipinski definition) is 6. The molecule has 0 unspecified atom stereocenters. The molecule has 1 aromatic carbocycles. The van der Waals surface area contributed by atoms with Crippen LogP contribution in [0, 0.1) is 0 Å². The van der Waals surface area contributed by atoms with Crippen molar-refractivity contribution >= 4 is 16.0 Å². The number of alkyl halides is 3. The van der Waals surface area contributed by atoms with Crippen molar-refractivity contribution in [2.24, 2.45) is 0 Å². The van der Waals surface area contributed by atoms with Crippen LogP contribution in [0.4, 0.5) is 13.2 Å². The first-order valence-electron chi connectivity index (χ1n) is 8.49. The highest BCUT2D eigenvalue weighted by molar-refractivity contribution is 7.89. The van der Waals surface area contributed by atoms with Crippen molar-refractivity contribution in [1.29, 1.82) is 0 Å². The molecule has 8 nitrogen and oxygen atoms in total. The highest BCUT2D eigenvalue weighted by Gasteiger charge is 2.63. The van der Waals surface area contributed by atoms with Crippen LogP contribution in [0.5, 0.6) is 0 Å². The van der Waals surface area contributed by atoms with Crippen LogP contribution in [0.3, 0.4) is 0 Å². The van der Waals surface area contributed by atoms with Gasteiger partial charge in [0, 0.05) is 12.0 Å². The van der Waals surface area contributed by atoms with Crippen molar-refractivity contribution in [3.8, 4) is 11.5 Å². The first-order chi connectivity index (χ1) is 14.0. The molecule has 0 saturated heterocycles. The van der Waals surface area contributed by atoms with Gasteiger partial charge in [-0.15, -0.1) is 0 Å². The molecule has 0 aliphatic heterocycles. The second kappa shape index (κ2) is 6.71. The Bertz CT molecular complexity index is 1200. The van der Waals surface area contributed by atoms with Crippen LogP contribution in [0.2, 0.25) is 0 Å². The molecular formula is C18H13F3N2O6S. The lowest BCUT2D eigenvalue weighted by atomic mass is 10.1. The van der Waals surface area contributed by atoms with E-state index in [0.29, 0.717) is 11.6 Å². The summed E-state index contributed by atoms with van der Waals surface area (Å²) in [6.45, 7) is 0. The number of halogens is 3. The second-order valence-electron chi connectivity index (χ2n) is 6.74. The lowest BCUT2D eigenvalue weighted by molar-refractivity contribution is -0.155. The van der Waals surface area contributed by atoms with Gasteiger partial charge in [-0.1, -0.05) is 35.5 Å². The molecule has 0 radical (unpaired) electrons. The Hall–Kier alpha value is -3.12. The van der Waals surface area contributed by atoms with Crippen LogP contribution in [-0.4, -0.2) is 30.2 Å². The fourth-order valence-corrected chi connectivity index (χ4v) is 4.50. The summed E-state index contributed by atoms with van der Waals surface area (Å²) in [6, 6.07) is 11.2. The number of carbonyl (C=O) groups is 1. The number of rotatable bonds is 6. The molecule has 1 fully saturated rings. The SMILES string of the molecule is O=C(O)[C@]1(NS(=O)(=O)c2ccc(-c3cc(C(F)(F)F)on3)o2)C[C@@H]1c1ccccc1. The molecular weight excluding hydrogens is 429 g/mol.